The SMILES string of the molecule is COc1cc(C(=O)N[C@H](CN)c2ccccc2)ccc1-c1cn[nH]c1. The van der Waals surface area contributed by atoms with E-state index in [0.29, 0.717) is 17.9 Å². The van der Waals surface area contributed by atoms with Gasteiger partial charge in [-0.25, -0.2) is 0 Å². The molecule has 0 spiro atoms. The molecule has 0 saturated heterocycles. The Balaban J connectivity index is 1.82. The van der Waals surface area contributed by atoms with Gasteiger partial charge < -0.3 is 15.8 Å². The molecule has 0 unspecified atom stereocenters. The second kappa shape index (κ2) is 7.63. The first-order valence-corrected chi connectivity index (χ1v) is 7.96. The molecule has 3 rings (SSSR count). The molecule has 1 atom stereocenters. The van der Waals surface area contributed by atoms with Crippen molar-refractivity contribution in [2.75, 3.05) is 13.7 Å². The second-order valence-corrected chi connectivity index (χ2v) is 5.57. The summed E-state index contributed by atoms with van der Waals surface area (Å²) < 4.78 is 5.43. The van der Waals surface area contributed by atoms with Crippen molar-refractivity contribution in [2.45, 2.75) is 6.04 Å². The fourth-order valence-electron chi connectivity index (χ4n) is 2.67. The molecule has 2 aromatic carbocycles. The van der Waals surface area contributed by atoms with Crippen molar-refractivity contribution in [3.8, 4) is 16.9 Å². The fourth-order valence-corrected chi connectivity index (χ4v) is 2.67. The molecule has 6 nitrogen and oxygen atoms in total. The Kier molecular flexibility index (Phi) is 5.11. The number of nitrogens with zero attached hydrogens (tertiary/aromatic N) is 1. The van der Waals surface area contributed by atoms with Crippen LogP contribution in [0.25, 0.3) is 11.1 Å². The summed E-state index contributed by atoms with van der Waals surface area (Å²) in [5.41, 5.74) is 9.07. The van der Waals surface area contributed by atoms with E-state index in [4.69, 9.17) is 10.5 Å². The Hall–Kier alpha value is -3.12. The Morgan fingerprint density at radius 2 is 2.08 bits per heavy atom. The molecule has 0 aliphatic carbocycles. The zero-order valence-corrected chi connectivity index (χ0v) is 13.9. The summed E-state index contributed by atoms with van der Waals surface area (Å²) in [4.78, 5) is 12.6. The average Bonchev–Trinajstić information content (AvgIpc) is 3.20. The number of rotatable bonds is 6. The number of hydrogen-bond donors (Lipinski definition) is 3. The van der Waals surface area contributed by atoms with Gasteiger partial charge in [0.2, 0.25) is 0 Å². The molecule has 4 N–H and O–H groups in total. The molecule has 1 heterocycles. The molecule has 128 valence electrons. The first-order valence-electron chi connectivity index (χ1n) is 7.96. The third-order valence-electron chi connectivity index (χ3n) is 4.02. The third-order valence-corrected chi connectivity index (χ3v) is 4.02. The number of nitrogens with two attached hydrogens (primary N) is 1. The van der Waals surface area contributed by atoms with Crippen molar-refractivity contribution in [1.29, 1.82) is 0 Å². The smallest absolute Gasteiger partial charge is 0.251 e. The topological polar surface area (TPSA) is 93.0 Å². The number of aromatic amines is 1. The zero-order valence-electron chi connectivity index (χ0n) is 13.9. The lowest BCUT2D eigenvalue weighted by molar-refractivity contribution is 0.0937. The van der Waals surface area contributed by atoms with Crippen LogP contribution < -0.4 is 15.8 Å². The predicted octanol–water partition coefficient (Wildman–Crippen LogP) is 2.52. The van der Waals surface area contributed by atoms with Crippen LogP contribution in [-0.2, 0) is 0 Å². The number of carbonyl (C=O) groups is 1. The van der Waals surface area contributed by atoms with E-state index in [1.54, 1.807) is 31.6 Å². The van der Waals surface area contributed by atoms with E-state index in [9.17, 15) is 4.79 Å². The second-order valence-electron chi connectivity index (χ2n) is 5.57. The summed E-state index contributed by atoms with van der Waals surface area (Å²) in [6.07, 6.45) is 3.48. The largest absolute Gasteiger partial charge is 0.496 e. The minimum absolute atomic E-state index is 0.198. The predicted molar refractivity (Wildman–Crippen MR) is 96.3 cm³/mol. The van der Waals surface area contributed by atoms with E-state index in [1.165, 1.54) is 0 Å². The maximum atomic E-state index is 12.6. The quantitative estimate of drug-likeness (QED) is 0.645. The highest BCUT2D eigenvalue weighted by Crippen LogP contribution is 2.30. The fraction of sp³-hybridized carbons (Fsp3) is 0.158. The number of amides is 1. The van der Waals surface area contributed by atoms with Crippen LogP contribution in [0, 0.1) is 0 Å². The summed E-state index contributed by atoms with van der Waals surface area (Å²) in [6, 6.07) is 14.8. The molecule has 6 heteroatoms. The first-order chi connectivity index (χ1) is 12.2. The minimum atomic E-state index is -0.242. The molecule has 0 bridgehead atoms. The molecule has 3 aromatic rings. The normalized spacial score (nSPS) is 11.8. The van der Waals surface area contributed by atoms with Crippen molar-refractivity contribution in [3.63, 3.8) is 0 Å². The lowest BCUT2D eigenvalue weighted by atomic mass is 10.0. The van der Waals surface area contributed by atoms with Crippen molar-refractivity contribution in [3.05, 3.63) is 72.1 Å². The van der Waals surface area contributed by atoms with Gasteiger partial charge in [0.15, 0.2) is 0 Å². The van der Waals surface area contributed by atoms with Gasteiger partial charge in [-0.15, -0.1) is 0 Å². The van der Waals surface area contributed by atoms with E-state index >= 15 is 0 Å². The van der Waals surface area contributed by atoms with Gasteiger partial charge in [-0.05, 0) is 23.8 Å². The van der Waals surface area contributed by atoms with Crippen LogP contribution in [0.2, 0.25) is 0 Å². The van der Waals surface area contributed by atoms with Crippen LogP contribution in [0.15, 0.2) is 60.9 Å². The molecule has 1 amide bonds. The monoisotopic (exact) mass is 336 g/mol. The lowest BCUT2D eigenvalue weighted by Crippen LogP contribution is -2.33. The number of hydrogen-bond acceptors (Lipinski definition) is 4. The Morgan fingerprint density at radius 1 is 1.28 bits per heavy atom. The highest BCUT2D eigenvalue weighted by molar-refractivity contribution is 5.95. The summed E-state index contributed by atoms with van der Waals surface area (Å²) in [5.74, 6) is 0.411. The maximum absolute atomic E-state index is 12.6. The zero-order chi connectivity index (χ0) is 17.6. The molecule has 0 radical (unpaired) electrons. The van der Waals surface area contributed by atoms with Gasteiger partial charge in [-0.2, -0.15) is 5.10 Å². The summed E-state index contributed by atoms with van der Waals surface area (Å²) in [6.45, 7) is 0.319. The Labute approximate surface area is 146 Å². The van der Waals surface area contributed by atoms with Crippen LogP contribution in [0.5, 0.6) is 5.75 Å². The molecule has 0 aliphatic rings. The minimum Gasteiger partial charge on any atom is -0.496 e. The van der Waals surface area contributed by atoms with E-state index in [2.05, 4.69) is 15.5 Å². The van der Waals surface area contributed by atoms with Crippen molar-refractivity contribution in [1.82, 2.24) is 15.5 Å². The molecular weight excluding hydrogens is 316 g/mol. The van der Waals surface area contributed by atoms with E-state index in [0.717, 1.165) is 16.7 Å². The standard InChI is InChI=1S/C19H20N4O2/c1-25-18-9-14(7-8-16(18)15-11-21-22-12-15)19(24)23-17(10-20)13-5-3-2-4-6-13/h2-9,11-12,17H,10,20H2,1H3,(H,21,22)(H,23,24)/t17-/m1/s1. The highest BCUT2D eigenvalue weighted by atomic mass is 16.5. The van der Waals surface area contributed by atoms with Crippen LogP contribution in [0.1, 0.15) is 22.0 Å². The van der Waals surface area contributed by atoms with E-state index < -0.39 is 0 Å². The Morgan fingerprint density at radius 3 is 2.72 bits per heavy atom. The van der Waals surface area contributed by atoms with Gasteiger partial charge in [0.1, 0.15) is 5.75 Å². The average molecular weight is 336 g/mol. The van der Waals surface area contributed by atoms with Crippen molar-refractivity contribution in [2.24, 2.45) is 5.73 Å². The van der Waals surface area contributed by atoms with Gasteiger partial charge in [0.25, 0.3) is 5.91 Å². The molecule has 0 fully saturated rings. The van der Waals surface area contributed by atoms with E-state index in [-0.39, 0.29) is 11.9 Å². The van der Waals surface area contributed by atoms with Gasteiger partial charge >= 0.3 is 0 Å². The van der Waals surface area contributed by atoms with Crippen molar-refractivity contribution >= 4 is 5.91 Å². The summed E-state index contributed by atoms with van der Waals surface area (Å²) in [5, 5.41) is 9.68. The van der Waals surface area contributed by atoms with Gasteiger partial charge in [0.05, 0.1) is 19.3 Å². The first kappa shape index (κ1) is 16.7. The van der Waals surface area contributed by atoms with Crippen LogP contribution >= 0.6 is 0 Å². The molecular formula is C19H20N4O2. The number of carbonyl (C=O) groups excluding carboxylic acids is 1. The van der Waals surface area contributed by atoms with Gasteiger partial charge in [-0.3, -0.25) is 9.89 Å². The third kappa shape index (κ3) is 3.70. The molecule has 0 aliphatic heterocycles. The molecule has 25 heavy (non-hydrogen) atoms. The van der Waals surface area contributed by atoms with Crippen LogP contribution in [-0.4, -0.2) is 29.8 Å². The maximum Gasteiger partial charge on any atom is 0.251 e. The van der Waals surface area contributed by atoms with E-state index in [1.807, 2.05) is 36.4 Å². The van der Waals surface area contributed by atoms with Crippen molar-refractivity contribution < 1.29 is 9.53 Å². The van der Waals surface area contributed by atoms with Crippen LogP contribution in [0.3, 0.4) is 0 Å². The number of aromatic nitrogens is 2. The van der Waals surface area contributed by atoms with Gasteiger partial charge in [-0.1, -0.05) is 30.3 Å². The highest BCUT2D eigenvalue weighted by Gasteiger charge is 2.16. The number of nitrogens with one attached hydrogen (secondary N) is 2. The van der Waals surface area contributed by atoms with Gasteiger partial charge in [0, 0.05) is 29.4 Å². The number of ether oxygens (including phenoxy) is 1. The number of H-pyrrole nitrogens is 1. The summed E-state index contributed by atoms with van der Waals surface area (Å²) in [7, 11) is 1.58. The number of benzene rings is 2. The molecule has 1 aromatic heterocycles. The molecule has 0 saturated carbocycles. The lowest BCUT2D eigenvalue weighted by Gasteiger charge is -2.18. The summed E-state index contributed by atoms with van der Waals surface area (Å²) >= 11 is 0. The van der Waals surface area contributed by atoms with Crippen LogP contribution in [0.4, 0.5) is 0 Å². The Bertz CT molecular complexity index is 832. The number of methoxy groups -OCH3 is 1.